The molecule has 1 atom stereocenters. The third-order valence-corrected chi connectivity index (χ3v) is 6.52. The van der Waals surface area contributed by atoms with E-state index in [0.717, 1.165) is 13.1 Å². The van der Waals surface area contributed by atoms with Gasteiger partial charge in [0.25, 0.3) is 5.91 Å². The molecule has 2 aromatic carbocycles. The number of carbonyl (C=O) groups excluding carboxylic acids is 1. The lowest BCUT2D eigenvalue weighted by Crippen LogP contribution is -2.42. The third kappa shape index (κ3) is 4.02. The summed E-state index contributed by atoms with van der Waals surface area (Å²) in [5, 5.41) is 10.9. The first-order valence-electron chi connectivity index (χ1n) is 11.3. The number of phenols is 1. The molecule has 0 aliphatic carbocycles. The van der Waals surface area contributed by atoms with Crippen molar-refractivity contribution in [1.29, 1.82) is 0 Å². The molecule has 1 amide bonds. The summed E-state index contributed by atoms with van der Waals surface area (Å²) < 4.78 is 17.0. The number of amides is 1. The van der Waals surface area contributed by atoms with Crippen molar-refractivity contribution in [2.24, 2.45) is 0 Å². The fourth-order valence-corrected chi connectivity index (χ4v) is 4.79. The zero-order valence-electron chi connectivity index (χ0n) is 18.8. The van der Waals surface area contributed by atoms with Crippen LogP contribution in [0.5, 0.6) is 11.5 Å². The first kappa shape index (κ1) is 22.7. The van der Waals surface area contributed by atoms with E-state index in [-0.39, 0.29) is 28.4 Å². The Kier molecular flexibility index (Phi) is 6.20. The summed E-state index contributed by atoms with van der Waals surface area (Å²) in [6.07, 6.45) is 0. The number of morpholine rings is 1. The van der Waals surface area contributed by atoms with E-state index in [9.17, 15) is 14.7 Å². The number of fused-ring (bicyclic) bond motifs is 2. The van der Waals surface area contributed by atoms with Crippen molar-refractivity contribution in [2.45, 2.75) is 13.0 Å². The van der Waals surface area contributed by atoms with Gasteiger partial charge in [-0.3, -0.25) is 14.5 Å². The molecule has 2 aliphatic heterocycles. The van der Waals surface area contributed by atoms with Crippen LogP contribution in [-0.4, -0.2) is 66.8 Å². The highest BCUT2D eigenvalue weighted by molar-refractivity contribution is 6.31. The number of phenolic OH excluding ortho intramolecular Hbond substituents is 1. The summed E-state index contributed by atoms with van der Waals surface area (Å²) in [4.78, 5) is 31.1. The van der Waals surface area contributed by atoms with Crippen molar-refractivity contribution in [3.63, 3.8) is 0 Å². The lowest BCUT2D eigenvalue weighted by molar-refractivity contribution is 0.0314. The smallest absolute Gasteiger partial charge is 0.290 e. The Morgan fingerprint density at radius 2 is 1.91 bits per heavy atom. The van der Waals surface area contributed by atoms with Crippen LogP contribution in [0.25, 0.3) is 11.0 Å². The molecule has 8 nitrogen and oxygen atoms in total. The minimum atomic E-state index is -0.678. The summed E-state index contributed by atoms with van der Waals surface area (Å²) in [6.45, 7) is 6.09. The Morgan fingerprint density at radius 3 is 2.68 bits per heavy atom. The van der Waals surface area contributed by atoms with Crippen LogP contribution >= 0.6 is 11.6 Å². The standard InChI is InChI=1S/C25H25ClN2O6/c1-2-33-20-13-15(3-5-18(20)29)22-21-23(30)17-14-16(26)4-6-19(17)34-24(21)25(31)28(22)8-7-27-9-11-32-12-10-27/h3-6,13-14,22,29H,2,7-12H2,1H3. The zero-order chi connectivity index (χ0) is 23.8. The number of hydrogen-bond acceptors (Lipinski definition) is 7. The molecule has 1 fully saturated rings. The molecule has 1 N–H and O–H groups in total. The largest absolute Gasteiger partial charge is 0.504 e. The second-order valence-corrected chi connectivity index (χ2v) is 8.77. The average Bonchev–Trinajstić information content (AvgIpc) is 3.12. The minimum absolute atomic E-state index is 0.00709. The fraction of sp³-hybridized carbons (Fsp3) is 0.360. The van der Waals surface area contributed by atoms with E-state index in [1.54, 1.807) is 35.2 Å². The van der Waals surface area contributed by atoms with E-state index in [4.69, 9.17) is 25.5 Å². The maximum Gasteiger partial charge on any atom is 0.290 e. The number of hydrogen-bond donors (Lipinski definition) is 1. The van der Waals surface area contributed by atoms with Crippen LogP contribution in [0.15, 0.2) is 45.6 Å². The fourth-order valence-electron chi connectivity index (χ4n) is 4.62. The Bertz CT molecular complexity index is 1300. The minimum Gasteiger partial charge on any atom is -0.504 e. The molecule has 1 aromatic heterocycles. The summed E-state index contributed by atoms with van der Waals surface area (Å²) in [5.41, 5.74) is 0.951. The molecule has 0 bridgehead atoms. The van der Waals surface area contributed by atoms with Gasteiger partial charge in [0.2, 0.25) is 5.76 Å². The van der Waals surface area contributed by atoms with Gasteiger partial charge in [0.15, 0.2) is 16.9 Å². The van der Waals surface area contributed by atoms with Gasteiger partial charge >= 0.3 is 0 Å². The molecule has 178 valence electrons. The average molecular weight is 485 g/mol. The second kappa shape index (κ2) is 9.29. The van der Waals surface area contributed by atoms with Gasteiger partial charge in [0.05, 0.1) is 36.8 Å². The van der Waals surface area contributed by atoms with Gasteiger partial charge in [-0.15, -0.1) is 0 Å². The molecule has 0 radical (unpaired) electrons. The van der Waals surface area contributed by atoms with Gasteiger partial charge in [0.1, 0.15) is 5.58 Å². The lowest BCUT2D eigenvalue weighted by atomic mass is 9.98. The van der Waals surface area contributed by atoms with Crippen LogP contribution in [0.4, 0.5) is 0 Å². The maximum absolute atomic E-state index is 13.6. The van der Waals surface area contributed by atoms with Crippen LogP contribution in [0, 0.1) is 0 Å². The highest BCUT2D eigenvalue weighted by atomic mass is 35.5. The first-order valence-corrected chi connectivity index (χ1v) is 11.7. The first-order chi connectivity index (χ1) is 16.5. The van der Waals surface area contributed by atoms with Crippen LogP contribution < -0.4 is 10.2 Å². The summed E-state index contributed by atoms with van der Waals surface area (Å²) >= 11 is 6.14. The molecule has 1 saturated heterocycles. The molecule has 9 heteroatoms. The van der Waals surface area contributed by atoms with Crippen LogP contribution in [0.3, 0.4) is 0 Å². The van der Waals surface area contributed by atoms with Gasteiger partial charge < -0.3 is 23.9 Å². The highest BCUT2D eigenvalue weighted by Crippen LogP contribution is 2.40. The molecule has 5 rings (SSSR count). The van der Waals surface area contributed by atoms with Crippen molar-refractivity contribution in [2.75, 3.05) is 46.0 Å². The summed E-state index contributed by atoms with van der Waals surface area (Å²) in [5.74, 6) is -0.0133. The monoisotopic (exact) mass is 484 g/mol. The number of benzene rings is 2. The van der Waals surface area contributed by atoms with Gasteiger partial charge in [-0.2, -0.15) is 0 Å². The van der Waals surface area contributed by atoms with Crippen molar-refractivity contribution >= 4 is 28.5 Å². The Balaban J connectivity index is 1.62. The van der Waals surface area contributed by atoms with Crippen molar-refractivity contribution < 1.29 is 23.8 Å². The third-order valence-electron chi connectivity index (χ3n) is 6.29. The van der Waals surface area contributed by atoms with Gasteiger partial charge in [0, 0.05) is 31.2 Å². The van der Waals surface area contributed by atoms with E-state index in [1.165, 1.54) is 6.07 Å². The Hall–Kier alpha value is -3.07. The maximum atomic E-state index is 13.6. The molecule has 1 unspecified atom stereocenters. The number of aromatic hydroxyl groups is 1. The molecule has 0 spiro atoms. The topological polar surface area (TPSA) is 92.5 Å². The van der Waals surface area contributed by atoms with Crippen LogP contribution in [0.1, 0.15) is 34.6 Å². The molecule has 2 aliphatic rings. The van der Waals surface area contributed by atoms with Crippen LogP contribution in [0.2, 0.25) is 5.02 Å². The van der Waals surface area contributed by atoms with E-state index < -0.39 is 6.04 Å². The van der Waals surface area contributed by atoms with Crippen molar-refractivity contribution in [3.8, 4) is 11.5 Å². The predicted molar refractivity (Wildman–Crippen MR) is 127 cm³/mol. The quantitative estimate of drug-likeness (QED) is 0.573. The highest BCUT2D eigenvalue weighted by Gasteiger charge is 2.43. The number of halogens is 1. The summed E-state index contributed by atoms with van der Waals surface area (Å²) in [7, 11) is 0. The van der Waals surface area contributed by atoms with Crippen molar-refractivity contribution in [1.82, 2.24) is 9.80 Å². The molecular formula is C25H25ClN2O6. The Morgan fingerprint density at radius 1 is 1.12 bits per heavy atom. The molecule has 34 heavy (non-hydrogen) atoms. The van der Waals surface area contributed by atoms with Crippen LogP contribution in [-0.2, 0) is 4.74 Å². The Labute approximate surface area is 201 Å². The number of nitrogens with zero attached hydrogens (tertiary/aromatic N) is 2. The summed E-state index contributed by atoms with van der Waals surface area (Å²) in [6, 6.07) is 9.00. The number of ether oxygens (including phenoxy) is 2. The van der Waals surface area contributed by atoms with E-state index >= 15 is 0 Å². The SMILES string of the molecule is CCOc1cc(C2c3c(oc4ccc(Cl)cc4c3=O)C(=O)N2CCN2CCOCC2)ccc1O. The molecule has 3 heterocycles. The van der Waals surface area contributed by atoms with E-state index in [1.807, 2.05) is 6.92 Å². The normalized spacial score (nSPS) is 18.5. The second-order valence-electron chi connectivity index (χ2n) is 8.33. The zero-order valence-corrected chi connectivity index (χ0v) is 19.5. The molecular weight excluding hydrogens is 460 g/mol. The van der Waals surface area contributed by atoms with E-state index in [2.05, 4.69) is 4.90 Å². The van der Waals surface area contributed by atoms with Crippen molar-refractivity contribution in [3.05, 3.63) is 68.5 Å². The van der Waals surface area contributed by atoms with Gasteiger partial charge in [-0.1, -0.05) is 17.7 Å². The number of rotatable bonds is 6. The lowest BCUT2D eigenvalue weighted by Gasteiger charge is -2.31. The number of carbonyl (C=O) groups is 1. The molecule has 0 saturated carbocycles. The predicted octanol–water partition coefficient (Wildman–Crippen LogP) is 3.43. The molecule has 3 aromatic rings. The van der Waals surface area contributed by atoms with E-state index in [0.29, 0.717) is 60.2 Å². The van der Waals surface area contributed by atoms with Gasteiger partial charge in [-0.25, -0.2) is 0 Å². The van der Waals surface area contributed by atoms with Gasteiger partial charge in [-0.05, 0) is 42.8 Å².